The first kappa shape index (κ1) is 32.0. The summed E-state index contributed by atoms with van der Waals surface area (Å²) in [4.78, 5) is 8.66. The number of unbranched alkanes of at least 4 members (excludes halogenated alkanes) is 8. The Labute approximate surface area is 249 Å². The molecule has 1 aromatic heterocycles. The van der Waals surface area contributed by atoms with Crippen LogP contribution in [0.1, 0.15) is 102 Å². The average molecular weight is 583 g/mol. The van der Waals surface area contributed by atoms with Crippen molar-refractivity contribution < 1.29 is 22.6 Å². The Balaban J connectivity index is 1.31. The topological polar surface area (TPSA) is 44.2 Å². The van der Waals surface area contributed by atoms with E-state index in [1.54, 1.807) is 12.4 Å². The number of aromatic nitrogens is 2. The van der Waals surface area contributed by atoms with E-state index in [2.05, 4.69) is 35.9 Å². The number of hydrogen-bond donors (Lipinski definition) is 0. The van der Waals surface area contributed by atoms with E-state index in [9.17, 15) is 0 Å². The minimum absolute atomic E-state index is 0.0487. The highest BCUT2D eigenvalue weighted by Gasteiger charge is 2.53. The van der Waals surface area contributed by atoms with Crippen molar-refractivity contribution >= 4 is 0 Å². The van der Waals surface area contributed by atoms with E-state index < -0.39 is 23.4 Å². The van der Waals surface area contributed by atoms with E-state index in [4.69, 9.17) is 9.47 Å². The maximum absolute atomic E-state index is 15.5. The van der Waals surface area contributed by atoms with Gasteiger partial charge in [0.15, 0.2) is 11.9 Å². The van der Waals surface area contributed by atoms with E-state index >= 15 is 13.2 Å². The van der Waals surface area contributed by atoms with E-state index in [-0.39, 0.29) is 23.6 Å². The smallest absolute Gasteiger partial charge is 0.315 e. The number of rotatable bonds is 18. The molecule has 0 saturated carbocycles. The van der Waals surface area contributed by atoms with Crippen molar-refractivity contribution in [3.8, 4) is 28.3 Å². The second kappa shape index (κ2) is 16.1. The number of nitrogens with zero attached hydrogens (tertiary/aromatic N) is 2. The van der Waals surface area contributed by atoms with Crippen molar-refractivity contribution in [1.82, 2.24) is 9.97 Å². The van der Waals surface area contributed by atoms with Crippen LogP contribution in [0.4, 0.5) is 13.2 Å². The lowest BCUT2D eigenvalue weighted by Crippen LogP contribution is -2.30. The van der Waals surface area contributed by atoms with Gasteiger partial charge in [-0.15, -0.1) is 0 Å². The summed E-state index contributed by atoms with van der Waals surface area (Å²) in [7, 11) is 0. The molecule has 7 heteroatoms. The molecule has 42 heavy (non-hydrogen) atoms. The van der Waals surface area contributed by atoms with Gasteiger partial charge < -0.3 is 9.47 Å². The van der Waals surface area contributed by atoms with Crippen molar-refractivity contribution in [3.05, 3.63) is 65.7 Å². The van der Waals surface area contributed by atoms with Crippen LogP contribution in [0.3, 0.4) is 0 Å². The number of alkyl halides is 2. The molecule has 4 nitrogen and oxygen atoms in total. The van der Waals surface area contributed by atoms with Gasteiger partial charge in [-0.25, -0.2) is 14.4 Å². The first-order chi connectivity index (χ1) is 20.5. The van der Waals surface area contributed by atoms with Crippen LogP contribution in [0.15, 0.2) is 48.8 Å². The fraction of sp³-hybridized carbons (Fsp3) is 0.543. The number of hydrogen-bond acceptors (Lipinski definition) is 4. The van der Waals surface area contributed by atoms with Crippen molar-refractivity contribution in [2.24, 2.45) is 0 Å². The molecular weight excluding hydrogens is 537 g/mol. The summed E-state index contributed by atoms with van der Waals surface area (Å²) in [6, 6.07) is 11.1. The number of aryl methyl sites for hydroxylation is 1. The third kappa shape index (κ3) is 8.33. The Morgan fingerprint density at radius 2 is 1.40 bits per heavy atom. The molecule has 0 aliphatic carbocycles. The van der Waals surface area contributed by atoms with Gasteiger partial charge in [0, 0.05) is 31.2 Å². The molecule has 228 valence electrons. The minimum Gasteiger partial charge on any atom is -0.483 e. The van der Waals surface area contributed by atoms with E-state index in [1.807, 2.05) is 12.1 Å². The van der Waals surface area contributed by atoms with Crippen molar-refractivity contribution in [1.29, 1.82) is 0 Å². The molecule has 1 unspecified atom stereocenters. The molecule has 0 fully saturated rings. The monoisotopic (exact) mass is 582 g/mol. The van der Waals surface area contributed by atoms with Crippen molar-refractivity contribution in [3.63, 3.8) is 0 Å². The van der Waals surface area contributed by atoms with Crippen LogP contribution in [0.5, 0.6) is 5.75 Å². The molecule has 0 spiro atoms. The van der Waals surface area contributed by atoms with Gasteiger partial charge in [-0.2, -0.15) is 8.78 Å². The van der Waals surface area contributed by atoms with Gasteiger partial charge >= 0.3 is 5.92 Å². The Morgan fingerprint density at radius 1 is 0.762 bits per heavy atom. The zero-order valence-corrected chi connectivity index (χ0v) is 25.1. The summed E-state index contributed by atoms with van der Waals surface area (Å²) in [5.41, 5.74) is 2.24. The second-order valence-electron chi connectivity index (χ2n) is 11.4. The van der Waals surface area contributed by atoms with Crippen molar-refractivity contribution in [2.75, 3.05) is 13.2 Å². The summed E-state index contributed by atoms with van der Waals surface area (Å²) in [5.74, 6) is -4.43. The molecule has 2 heterocycles. The van der Waals surface area contributed by atoms with Gasteiger partial charge in [0.2, 0.25) is 0 Å². The molecule has 0 saturated heterocycles. The lowest BCUT2D eigenvalue weighted by molar-refractivity contribution is -0.0811. The number of fused-ring (bicyclic) bond motifs is 1. The highest BCUT2D eigenvalue weighted by atomic mass is 19.3. The van der Waals surface area contributed by atoms with E-state index in [1.165, 1.54) is 37.0 Å². The van der Waals surface area contributed by atoms with E-state index in [0.717, 1.165) is 75.7 Å². The fourth-order valence-corrected chi connectivity index (χ4v) is 5.45. The molecule has 1 aliphatic heterocycles. The van der Waals surface area contributed by atoms with E-state index in [0.29, 0.717) is 6.42 Å². The highest BCUT2D eigenvalue weighted by molar-refractivity contribution is 5.66. The quantitative estimate of drug-likeness (QED) is 0.140. The Morgan fingerprint density at radius 3 is 2.10 bits per heavy atom. The molecule has 4 rings (SSSR count). The first-order valence-corrected chi connectivity index (χ1v) is 15.8. The third-order valence-corrected chi connectivity index (χ3v) is 8.01. The van der Waals surface area contributed by atoms with Crippen LogP contribution in [-0.4, -0.2) is 29.3 Å². The third-order valence-electron chi connectivity index (χ3n) is 8.01. The Hall–Kier alpha value is -2.93. The van der Waals surface area contributed by atoms with Gasteiger partial charge in [-0.3, -0.25) is 0 Å². The molecule has 0 N–H and O–H groups in total. The molecule has 0 radical (unpaired) electrons. The summed E-state index contributed by atoms with van der Waals surface area (Å²) < 4.78 is 57.2. The van der Waals surface area contributed by atoms with Crippen molar-refractivity contribution in [2.45, 2.75) is 109 Å². The average Bonchev–Trinajstić information content (AvgIpc) is 3.26. The molecule has 0 bridgehead atoms. The van der Waals surface area contributed by atoms with Crippen LogP contribution in [-0.2, 0) is 17.1 Å². The number of ether oxygens (including phenoxy) is 2. The predicted molar refractivity (Wildman–Crippen MR) is 162 cm³/mol. The van der Waals surface area contributed by atoms with Gasteiger partial charge in [0.25, 0.3) is 0 Å². The lowest BCUT2D eigenvalue weighted by atomic mass is 9.98. The zero-order valence-electron chi connectivity index (χ0n) is 25.1. The predicted octanol–water partition coefficient (Wildman–Crippen LogP) is 10.1. The Bertz CT molecular complexity index is 1230. The van der Waals surface area contributed by atoms with Gasteiger partial charge in [-0.1, -0.05) is 83.1 Å². The highest BCUT2D eigenvalue weighted by Crippen LogP contribution is 2.50. The SMILES string of the molecule is CCCCCCCC1Oc2ccc(-c3ncc(-c4ccc(CCCCOCCCCCC)cc4)cn3)c(F)c2C1(F)F. The minimum atomic E-state index is -3.40. The lowest BCUT2D eigenvalue weighted by Gasteiger charge is -2.18. The van der Waals surface area contributed by atoms with Gasteiger partial charge in [0.1, 0.15) is 17.1 Å². The largest absolute Gasteiger partial charge is 0.483 e. The second-order valence-corrected chi connectivity index (χ2v) is 11.4. The molecule has 1 atom stereocenters. The molecular formula is C35H45F3N2O2. The molecule has 1 aliphatic rings. The van der Waals surface area contributed by atoms with Gasteiger partial charge in [-0.05, 0) is 61.8 Å². The first-order valence-electron chi connectivity index (χ1n) is 15.8. The molecule has 3 aromatic rings. The summed E-state index contributed by atoms with van der Waals surface area (Å²) in [6.45, 7) is 5.98. The number of halogens is 3. The standard InChI is InChI=1S/C35H45F3N2O2/c1-3-5-7-9-10-15-31-35(37,38)32-30(42-31)21-20-29(33(32)36)34-39-24-28(25-40-34)27-18-16-26(17-19-27)14-11-13-23-41-22-12-8-6-4-2/h16-21,24-25,31H,3-15,22-23H2,1-2H3. The van der Waals surface area contributed by atoms with Gasteiger partial charge in [0.05, 0.1) is 5.56 Å². The normalized spacial score (nSPS) is 15.5. The molecule has 2 aromatic carbocycles. The summed E-state index contributed by atoms with van der Waals surface area (Å²) in [5, 5.41) is 0. The Kier molecular flexibility index (Phi) is 12.2. The fourth-order valence-electron chi connectivity index (χ4n) is 5.45. The summed E-state index contributed by atoms with van der Waals surface area (Å²) in [6.07, 6.45) is 14.7. The van der Waals surface area contributed by atoms with Crippen LogP contribution in [0.25, 0.3) is 22.5 Å². The maximum Gasteiger partial charge on any atom is 0.315 e. The van der Waals surface area contributed by atoms with Crippen LogP contribution in [0.2, 0.25) is 0 Å². The number of benzene rings is 2. The van der Waals surface area contributed by atoms with Crippen LogP contribution >= 0.6 is 0 Å². The summed E-state index contributed by atoms with van der Waals surface area (Å²) >= 11 is 0. The van der Waals surface area contributed by atoms with Crippen LogP contribution in [0, 0.1) is 5.82 Å². The maximum atomic E-state index is 15.5. The zero-order chi connectivity index (χ0) is 29.8. The van der Waals surface area contributed by atoms with Crippen LogP contribution < -0.4 is 4.74 Å². The molecule has 0 amide bonds.